The second-order valence-corrected chi connectivity index (χ2v) is 3.80. The molecule has 0 saturated carbocycles. The maximum Gasteiger partial charge on any atom is 0.411 e. The number of Topliss-reactive ketones (excluding diaryl/α,β-unsaturated/α-hetero) is 1. The van der Waals surface area contributed by atoms with E-state index in [2.05, 4.69) is 0 Å². The molecule has 1 unspecified atom stereocenters. The van der Waals surface area contributed by atoms with Gasteiger partial charge in [-0.3, -0.25) is 4.79 Å². The third-order valence-electron chi connectivity index (χ3n) is 2.62. The monoisotopic (exact) mass is 257 g/mol. The maximum absolute atomic E-state index is 12.6. The Balaban J connectivity index is 2.37. The molecule has 96 valence electrons. The minimum absolute atomic E-state index is 0.000532. The highest BCUT2D eigenvalue weighted by molar-refractivity contribution is 6.03. The van der Waals surface area contributed by atoms with E-state index in [1.54, 1.807) is 6.07 Å². The Morgan fingerprint density at radius 1 is 1.33 bits per heavy atom. The smallest absolute Gasteiger partial charge is 0.411 e. The van der Waals surface area contributed by atoms with E-state index in [0.717, 1.165) is 7.05 Å². The van der Waals surface area contributed by atoms with Crippen molar-refractivity contribution in [2.75, 3.05) is 7.05 Å². The SMILES string of the molecule is CNC(C(=O)c1ccc2occc2c1)C(F)(F)F. The largest absolute Gasteiger partial charge is 0.464 e. The van der Waals surface area contributed by atoms with E-state index in [1.807, 2.05) is 5.32 Å². The van der Waals surface area contributed by atoms with E-state index in [4.69, 9.17) is 4.42 Å². The number of halogens is 3. The van der Waals surface area contributed by atoms with Gasteiger partial charge < -0.3 is 9.73 Å². The number of benzene rings is 1. The van der Waals surface area contributed by atoms with Crippen LogP contribution < -0.4 is 5.32 Å². The Bertz CT molecular complexity index is 574. The number of rotatable bonds is 3. The number of fused-ring (bicyclic) bond motifs is 1. The van der Waals surface area contributed by atoms with Crippen LogP contribution in [0.1, 0.15) is 10.4 Å². The summed E-state index contributed by atoms with van der Waals surface area (Å²) < 4.78 is 42.9. The third-order valence-corrected chi connectivity index (χ3v) is 2.62. The number of ketones is 1. The summed E-state index contributed by atoms with van der Waals surface area (Å²) in [5.74, 6) is -1.01. The molecule has 1 heterocycles. The molecule has 18 heavy (non-hydrogen) atoms. The zero-order chi connectivity index (χ0) is 13.3. The van der Waals surface area contributed by atoms with Crippen molar-refractivity contribution in [1.82, 2.24) is 5.32 Å². The number of nitrogens with one attached hydrogen (secondary N) is 1. The summed E-state index contributed by atoms with van der Waals surface area (Å²) in [5, 5.41) is 2.58. The average molecular weight is 257 g/mol. The molecule has 2 rings (SSSR count). The van der Waals surface area contributed by atoms with Crippen molar-refractivity contribution >= 4 is 16.8 Å². The molecule has 0 saturated heterocycles. The van der Waals surface area contributed by atoms with Gasteiger partial charge in [-0.15, -0.1) is 0 Å². The Kier molecular flexibility index (Phi) is 3.13. The topological polar surface area (TPSA) is 42.2 Å². The zero-order valence-electron chi connectivity index (χ0n) is 9.41. The fourth-order valence-corrected chi connectivity index (χ4v) is 1.73. The van der Waals surface area contributed by atoms with Crippen molar-refractivity contribution in [1.29, 1.82) is 0 Å². The van der Waals surface area contributed by atoms with E-state index >= 15 is 0 Å². The van der Waals surface area contributed by atoms with Crippen molar-refractivity contribution in [3.63, 3.8) is 0 Å². The minimum Gasteiger partial charge on any atom is -0.464 e. The van der Waals surface area contributed by atoms with Crippen molar-refractivity contribution in [3.05, 3.63) is 36.1 Å². The second kappa shape index (κ2) is 4.45. The number of likely N-dealkylation sites (N-methyl/N-ethyl adjacent to an activating group) is 1. The van der Waals surface area contributed by atoms with Gasteiger partial charge in [-0.1, -0.05) is 0 Å². The van der Waals surface area contributed by atoms with Gasteiger partial charge in [-0.25, -0.2) is 0 Å². The average Bonchev–Trinajstić information content (AvgIpc) is 2.74. The molecule has 0 radical (unpaired) electrons. The van der Waals surface area contributed by atoms with Gasteiger partial charge in [0.25, 0.3) is 0 Å². The van der Waals surface area contributed by atoms with E-state index in [9.17, 15) is 18.0 Å². The first-order valence-electron chi connectivity index (χ1n) is 5.19. The molecule has 0 bridgehead atoms. The predicted octanol–water partition coefficient (Wildman–Crippen LogP) is 2.77. The quantitative estimate of drug-likeness (QED) is 0.860. The number of hydrogen-bond donors (Lipinski definition) is 1. The first-order chi connectivity index (χ1) is 8.43. The number of alkyl halides is 3. The van der Waals surface area contributed by atoms with Crippen LogP contribution in [0.4, 0.5) is 13.2 Å². The van der Waals surface area contributed by atoms with Crippen molar-refractivity contribution in [2.45, 2.75) is 12.2 Å². The normalized spacial score (nSPS) is 13.8. The van der Waals surface area contributed by atoms with Crippen molar-refractivity contribution in [3.8, 4) is 0 Å². The van der Waals surface area contributed by atoms with Crippen LogP contribution >= 0.6 is 0 Å². The van der Waals surface area contributed by atoms with E-state index in [0.29, 0.717) is 11.0 Å². The van der Waals surface area contributed by atoms with Gasteiger partial charge in [0, 0.05) is 10.9 Å². The summed E-state index contributed by atoms with van der Waals surface area (Å²) in [6, 6.07) is 3.59. The highest BCUT2D eigenvalue weighted by Crippen LogP contribution is 2.24. The number of carbonyl (C=O) groups excluding carboxylic acids is 1. The first-order valence-corrected chi connectivity index (χ1v) is 5.19. The first kappa shape index (κ1) is 12.6. The molecule has 6 heteroatoms. The van der Waals surface area contributed by atoms with E-state index in [-0.39, 0.29) is 5.56 Å². The second-order valence-electron chi connectivity index (χ2n) is 3.80. The van der Waals surface area contributed by atoms with Crippen molar-refractivity contribution in [2.24, 2.45) is 0 Å². The zero-order valence-corrected chi connectivity index (χ0v) is 9.41. The highest BCUT2D eigenvalue weighted by Gasteiger charge is 2.43. The molecule has 1 aromatic carbocycles. The number of carbonyl (C=O) groups is 1. The van der Waals surface area contributed by atoms with Crippen LogP contribution in [0.15, 0.2) is 34.9 Å². The molecule has 0 aliphatic carbocycles. The molecule has 1 aromatic heterocycles. The molecule has 2 aromatic rings. The molecule has 0 aliphatic rings. The summed E-state index contributed by atoms with van der Waals surface area (Å²) in [6.45, 7) is 0. The fraction of sp³-hybridized carbons (Fsp3) is 0.250. The van der Waals surface area contributed by atoms with Gasteiger partial charge in [0.1, 0.15) is 5.58 Å². The fourth-order valence-electron chi connectivity index (χ4n) is 1.73. The Hall–Kier alpha value is -1.82. The lowest BCUT2D eigenvalue weighted by molar-refractivity contribution is -0.143. The van der Waals surface area contributed by atoms with Gasteiger partial charge in [0.2, 0.25) is 0 Å². The molecule has 0 spiro atoms. The van der Waals surface area contributed by atoms with Crippen LogP contribution in [0, 0.1) is 0 Å². The highest BCUT2D eigenvalue weighted by atomic mass is 19.4. The van der Waals surface area contributed by atoms with Crippen LogP contribution in [-0.4, -0.2) is 25.0 Å². The predicted molar refractivity (Wildman–Crippen MR) is 59.4 cm³/mol. The van der Waals surface area contributed by atoms with Crippen LogP contribution in [0.3, 0.4) is 0 Å². The number of hydrogen-bond acceptors (Lipinski definition) is 3. The van der Waals surface area contributed by atoms with Crippen LogP contribution in [0.2, 0.25) is 0 Å². The van der Waals surface area contributed by atoms with E-state index < -0.39 is 18.0 Å². The van der Waals surface area contributed by atoms with Crippen LogP contribution in [-0.2, 0) is 0 Å². The molecule has 3 nitrogen and oxygen atoms in total. The maximum atomic E-state index is 12.6. The van der Waals surface area contributed by atoms with Gasteiger partial charge in [0.05, 0.1) is 6.26 Å². The minimum atomic E-state index is -4.61. The summed E-state index contributed by atoms with van der Waals surface area (Å²) >= 11 is 0. The molecule has 1 N–H and O–H groups in total. The van der Waals surface area contributed by atoms with E-state index in [1.165, 1.54) is 24.5 Å². The number of furan rings is 1. The summed E-state index contributed by atoms with van der Waals surface area (Å²) in [7, 11) is 1.10. The summed E-state index contributed by atoms with van der Waals surface area (Å²) in [4.78, 5) is 11.8. The van der Waals surface area contributed by atoms with Gasteiger partial charge >= 0.3 is 6.18 Å². The lowest BCUT2D eigenvalue weighted by Gasteiger charge is -2.18. The molecular weight excluding hydrogens is 247 g/mol. The van der Waals surface area contributed by atoms with Crippen LogP contribution in [0.5, 0.6) is 0 Å². The molecule has 0 amide bonds. The Morgan fingerprint density at radius 3 is 2.67 bits per heavy atom. The van der Waals surface area contributed by atoms with Crippen molar-refractivity contribution < 1.29 is 22.4 Å². The standard InChI is InChI=1S/C12H10F3NO2/c1-16-11(12(13,14)15)10(17)8-2-3-9-7(6-8)4-5-18-9/h2-6,11,16H,1H3. The Labute approximate surface area is 101 Å². The molecule has 0 fully saturated rings. The van der Waals surface area contributed by atoms with Gasteiger partial charge in [-0.2, -0.15) is 13.2 Å². The third kappa shape index (κ3) is 2.24. The van der Waals surface area contributed by atoms with Gasteiger partial charge in [-0.05, 0) is 31.3 Å². The Morgan fingerprint density at radius 2 is 2.06 bits per heavy atom. The molecule has 1 atom stereocenters. The molecule has 0 aliphatic heterocycles. The lowest BCUT2D eigenvalue weighted by atomic mass is 10.0. The lowest BCUT2D eigenvalue weighted by Crippen LogP contribution is -2.46. The summed E-state index contributed by atoms with van der Waals surface area (Å²) in [6.07, 6.45) is -3.20. The summed E-state index contributed by atoms with van der Waals surface area (Å²) in [5.41, 5.74) is 0.528. The van der Waals surface area contributed by atoms with Gasteiger partial charge in [0.15, 0.2) is 11.8 Å². The molecular formula is C12H10F3NO2. The van der Waals surface area contributed by atoms with Crippen LogP contribution in [0.25, 0.3) is 11.0 Å².